The minimum absolute atomic E-state index is 0.0488. The summed E-state index contributed by atoms with van der Waals surface area (Å²) < 4.78 is 10.3. The molecule has 0 radical (unpaired) electrons. The van der Waals surface area contributed by atoms with Gasteiger partial charge in [-0.1, -0.05) is 12.1 Å². The number of non-ortho nitro benzene ring substituents is 1. The zero-order valence-electron chi connectivity index (χ0n) is 19.8. The lowest BCUT2D eigenvalue weighted by Crippen LogP contribution is -2.29. The average Bonchev–Trinajstić information content (AvgIpc) is 3.30. The maximum atomic E-state index is 13.2. The Labute approximate surface area is 207 Å². The molecule has 1 saturated heterocycles. The fourth-order valence-electron chi connectivity index (χ4n) is 4.17. The van der Waals surface area contributed by atoms with Crippen LogP contribution in [0.4, 0.5) is 5.69 Å². The molecule has 10 nitrogen and oxygen atoms in total. The first-order valence-electron chi connectivity index (χ1n) is 11.1. The molecule has 1 aliphatic heterocycles. The van der Waals surface area contributed by atoms with E-state index in [0.717, 1.165) is 25.8 Å². The number of hydrogen-bond donors (Lipinski definition) is 0. The number of carbonyl (C=O) groups is 3. The minimum Gasteiger partial charge on any atom is -0.465 e. The quantitative estimate of drug-likeness (QED) is 0.207. The van der Waals surface area contributed by atoms with E-state index in [-0.39, 0.29) is 35.0 Å². The average molecular weight is 502 g/mol. The molecule has 0 saturated carbocycles. The van der Waals surface area contributed by atoms with Crippen molar-refractivity contribution in [3.8, 4) is 11.1 Å². The Kier molecular flexibility index (Phi) is 8.80. The monoisotopic (exact) mass is 501 g/mol. The van der Waals surface area contributed by atoms with Crippen LogP contribution in [-0.4, -0.2) is 65.2 Å². The molecule has 0 spiro atoms. The summed E-state index contributed by atoms with van der Waals surface area (Å²) >= 11 is 1.52. The number of thioether (sulfide) groups is 1. The second-order valence-corrected chi connectivity index (χ2v) is 8.97. The summed E-state index contributed by atoms with van der Waals surface area (Å²) in [6, 6.07) is 5.82. The summed E-state index contributed by atoms with van der Waals surface area (Å²) in [5.41, 5.74) is 1.17. The molecule has 186 valence electrons. The predicted octanol–water partition coefficient (Wildman–Crippen LogP) is 3.78. The van der Waals surface area contributed by atoms with Gasteiger partial charge >= 0.3 is 11.9 Å². The topological polar surface area (TPSA) is 129 Å². The molecule has 0 bridgehead atoms. The lowest BCUT2D eigenvalue weighted by atomic mass is 9.92. The van der Waals surface area contributed by atoms with E-state index in [1.54, 1.807) is 24.8 Å². The Bertz CT molecular complexity index is 1140. The number of esters is 2. The van der Waals surface area contributed by atoms with Crippen molar-refractivity contribution in [1.29, 1.82) is 0 Å². The number of amides is 1. The third kappa shape index (κ3) is 5.79. The molecule has 1 amide bonds. The highest BCUT2D eigenvalue weighted by Gasteiger charge is 2.30. The van der Waals surface area contributed by atoms with Gasteiger partial charge in [0, 0.05) is 41.8 Å². The van der Waals surface area contributed by atoms with Gasteiger partial charge in [-0.15, -0.1) is 0 Å². The van der Waals surface area contributed by atoms with Crippen LogP contribution in [-0.2, 0) is 20.0 Å². The Morgan fingerprint density at radius 2 is 2.09 bits per heavy atom. The van der Waals surface area contributed by atoms with Gasteiger partial charge in [-0.25, -0.2) is 9.59 Å². The number of methoxy groups -OCH3 is 1. The van der Waals surface area contributed by atoms with E-state index in [9.17, 15) is 24.5 Å². The fraction of sp³-hybridized carbons (Fsp3) is 0.417. The second kappa shape index (κ2) is 11.8. The van der Waals surface area contributed by atoms with Crippen LogP contribution in [0.25, 0.3) is 11.1 Å². The molecule has 11 heteroatoms. The number of pyridine rings is 1. The highest BCUT2D eigenvalue weighted by Crippen LogP contribution is 2.36. The van der Waals surface area contributed by atoms with Crippen LogP contribution in [0, 0.1) is 17.0 Å². The molecule has 1 fully saturated rings. The second-order valence-electron chi connectivity index (χ2n) is 7.94. The van der Waals surface area contributed by atoms with E-state index in [2.05, 4.69) is 4.98 Å². The van der Waals surface area contributed by atoms with Crippen LogP contribution < -0.4 is 0 Å². The number of likely N-dealkylation sites (tertiary alicyclic amines) is 1. The van der Waals surface area contributed by atoms with E-state index >= 15 is 0 Å². The molecule has 2 aromatic rings. The molecular formula is C24H27N3O7S. The summed E-state index contributed by atoms with van der Waals surface area (Å²) in [7, 11) is 1.22. The van der Waals surface area contributed by atoms with Crippen molar-refractivity contribution in [2.75, 3.05) is 26.0 Å². The molecule has 1 unspecified atom stereocenters. The Balaban J connectivity index is 2.14. The number of nitrogens with zero attached hydrogens (tertiary/aromatic N) is 3. The molecular weight excluding hydrogens is 474 g/mol. The molecule has 35 heavy (non-hydrogen) atoms. The number of rotatable bonds is 10. The third-order valence-electron chi connectivity index (χ3n) is 5.77. The molecule has 0 N–H and O–H groups in total. The first-order valence-corrected chi connectivity index (χ1v) is 12.3. The molecule has 1 aromatic heterocycles. The fourth-order valence-corrected chi connectivity index (χ4v) is 5.33. The van der Waals surface area contributed by atoms with Gasteiger partial charge in [0.25, 0.3) is 5.69 Å². The van der Waals surface area contributed by atoms with E-state index in [0.29, 0.717) is 28.5 Å². The first kappa shape index (κ1) is 26.1. The number of aryl methyl sites for hydroxylation is 1. The van der Waals surface area contributed by atoms with Crippen molar-refractivity contribution >= 4 is 35.8 Å². The van der Waals surface area contributed by atoms with Crippen LogP contribution in [0.1, 0.15) is 51.9 Å². The van der Waals surface area contributed by atoms with E-state index in [4.69, 9.17) is 9.47 Å². The summed E-state index contributed by atoms with van der Waals surface area (Å²) in [5, 5.41) is 11.4. The first-order chi connectivity index (χ1) is 16.8. The van der Waals surface area contributed by atoms with Gasteiger partial charge in [0.1, 0.15) is 0 Å². The zero-order chi connectivity index (χ0) is 25.5. The number of nitro benzene ring substituents is 1. The van der Waals surface area contributed by atoms with Gasteiger partial charge in [-0.3, -0.25) is 19.9 Å². The van der Waals surface area contributed by atoms with Gasteiger partial charge in [-0.2, -0.15) is 11.8 Å². The Hall–Kier alpha value is -3.47. The zero-order valence-corrected chi connectivity index (χ0v) is 20.6. The molecule has 1 aliphatic rings. The molecule has 2 heterocycles. The lowest BCUT2D eigenvalue weighted by Gasteiger charge is -2.21. The van der Waals surface area contributed by atoms with E-state index in [1.807, 2.05) is 0 Å². The summed E-state index contributed by atoms with van der Waals surface area (Å²) in [4.78, 5) is 54.4. The summed E-state index contributed by atoms with van der Waals surface area (Å²) in [6.07, 6.45) is 2.71. The van der Waals surface area contributed by atoms with E-state index in [1.165, 1.54) is 37.1 Å². The summed E-state index contributed by atoms with van der Waals surface area (Å²) in [5.74, 6) is -0.416. The number of ether oxygens (including phenoxy) is 2. The van der Waals surface area contributed by atoms with Crippen molar-refractivity contribution in [2.24, 2.45) is 0 Å². The number of carbonyl (C=O) groups excluding carboxylic acids is 3. The molecule has 3 rings (SSSR count). The molecule has 0 aliphatic carbocycles. The van der Waals surface area contributed by atoms with Crippen molar-refractivity contribution in [3.05, 3.63) is 56.9 Å². The van der Waals surface area contributed by atoms with Gasteiger partial charge in [0.2, 0.25) is 6.41 Å². The van der Waals surface area contributed by atoms with Gasteiger partial charge < -0.3 is 14.4 Å². The van der Waals surface area contributed by atoms with Crippen molar-refractivity contribution in [2.45, 2.75) is 38.5 Å². The SMILES string of the molecule is CCOC(=O)c1c(CSCC2CCCN2C=O)nc(C)c(C(=O)OC)c1-c1cccc([N+](=O)[O-])c1. The standard InChI is InChI=1S/C24H27N3O7S/c1-4-34-24(30)22-19(13-35-12-18-9-6-10-26(18)14-28)25-15(2)20(23(29)33-3)21(22)16-7-5-8-17(11-16)27(31)32/h5,7-8,11,14,18H,4,6,9-10,12-13H2,1-3H3. The maximum absolute atomic E-state index is 13.2. The van der Waals surface area contributed by atoms with Crippen LogP contribution in [0.3, 0.4) is 0 Å². The van der Waals surface area contributed by atoms with Crippen molar-refractivity contribution < 1.29 is 28.8 Å². The largest absolute Gasteiger partial charge is 0.465 e. The third-order valence-corrected chi connectivity index (χ3v) is 6.87. The van der Waals surface area contributed by atoms with Gasteiger partial charge in [-0.05, 0) is 32.3 Å². The smallest absolute Gasteiger partial charge is 0.340 e. The van der Waals surface area contributed by atoms with Gasteiger partial charge in [0.15, 0.2) is 0 Å². The van der Waals surface area contributed by atoms with Crippen molar-refractivity contribution in [3.63, 3.8) is 0 Å². The highest BCUT2D eigenvalue weighted by molar-refractivity contribution is 7.98. The number of nitro groups is 1. The Morgan fingerprint density at radius 1 is 1.31 bits per heavy atom. The van der Waals surface area contributed by atoms with E-state index < -0.39 is 16.9 Å². The lowest BCUT2D eigenvalue weighted by molar-refractivity contribution is -0.384. The van der Waals surface area contributed by atoms with Crippen molar-refractivity contribution in [1.82, 2.24) is 9.88 Å². The van der Waals surface area contributed by atoms with Gasteiger partial charge in [0.05, 0.1) is 41.2 Å². The number of hydrogen-bond acceptors (Lipinski definition) is 9. The van der Waals surface area contributed by atoms with Crippen LogP contribution in [0.15, 0.2) is 24.3 Å². The molecule has 1 atom stereocenters. The Morgan fingerprint density at radius 3 is 2.74 bits per heavy atom. The maximum Gasteiger partial charge on any atom is 0.340 e. The normalized spacial score (nSPS) is 15.1. The minimum atomic E-state index is -0.714. The number of aromatic nitrogens is 1. The predicted molar refractivity (Wildman–Crippen MR) is 130 cm³/mol. The number of benzene rings is 1. The highest BCUT2D eigenvalue weighted by atomic mass is 32.2. The van der Waals surface area contributed by atoms with Crippen LogP contribution in [0.2, 0.25) is 0 Å². The van der Waals surface area contributed by atoms with Crippen LogP contribution in [0.5, 0.6) is 0 Å². The van der Waals surface area contributed by atoms with Crippen LogP contribution >= 0.6 is 11.8 Å². The molecule has 1 aromatic carbocycles. The summed E-state index contributed by atoms with van der Waals surface area (Å²) in [6.45, 7) is 4.11.